The normalized spacial score (nSPS) is 10.5. The van der Waals surface area contributed by atoms with E-state index in [0.717, 1.165) is 0 Å². The molecule has 18 heavy (non-hydrogen) atoms. The first-order valence-corrected chi connectivity index (χ1v) is 5.90. The Kier molecular flexibility index (Phi) is 4.68. The van der Waals surface area contributed by atoms with Gasteiger partial charge in [-0.1, -0.05) is 60.7 Å². The van der Waals surface area contributed by atoms with Gasteiger partial charge in [-0.25, -0.2) is 0 Å². The van der Waals surface area contributed by atoms with E-state index in [0.29, 0.717) is 12.9 Å². The van der Waals surface area contributed by atoms with Crippen LogP contribution in [-0.2, 0) is 9.53 Å². The summed E-state index contributed by atoms with van der Waals surface area (Å²) in [6, 6.07) is 20.3. The summed E-state index contributed by atoms with van der Waals surface area (Å²) in [5.41, 5.74) is 2.37. The van der Waals surface area contributed by atoms with Crippen LogP contribution in [0.2, 0.25) is 0 Å². The minimum Gasteiger partial charge on any atom is -0.367 e. The van der Waals surface area contributed by atoms with E-state index in [1.165, 1.54) is 17.7 Å². The average molecular weight is 239 g/mol. The molecule has 2 aromatic rings. The fourth-order valence-electron chi connectivity index (χ4n) is 1.95. The molecule has 0 unspecified atom stereocenters. The maximum Gasteiger partial charge on any atom is 0.151 e. The summed E-state index contributed by atoms with van der Waals surface area (Å²) >= 11 is 0. The van der Waals surface area contributed by atoms with Crippen molar-refractivity contribution in [2.24, 2.45) is 0 Å². The van der Waals surface area contributed by atoms with Gasteiger partial charge in [-0.15, -0.1) is 0 Å². The van der Waals surface area contributed by atoms with Crippen LogP contribution in [0.1, 0.15) is 17.0 Å². The Hall–Kier alpha value is -1.93. The van der Waals surface area contributed by atoms with Crippen molar-refractivity contribution in [2.45, 2.75) is 5.92 Å². The molecule has 0 spiro atoms. The molecule has 0 atom stereocenters. The fraction of sp³-hybridized carbons (Fsp3) is 0.125. The molecule has 0 saturated carbocycles. The lowest BCUT2D eigenvalue weighted by Crippen LogP contribution is -2.09. The number of rotatable bonds is 6. The predicted octanol–water partition coefficient (Wildman–Crippen LogP) is 3.20. The molecule has 0 bridgehead atoms. The number of carbonyl (C=O) groups excluding carboxylic acids is 1. The van der Waals surface area contributed by atoms with Crippen molar-refractivity contribution < 1.29 is 9.53 Å². The highest BCUT2D eigenvalue weighted by atomic mass is 16.5. The predicted molar refractivity (Wildman–Crippen MR) is 71.0 cm³/mol. The van der Waals surface area contributed by atoms with Gasteiger partial charge >= 0.3 is 0 Å². The first-order valence-electron chi connectivity index (χ1n) is 5.90. The van der Waals surface area contributed by atoms with Gasteiger partial charge in [0.05, 0.1) is 6.61 Å². The Labute approximate surface area is 107 Å². The first-order chi connectivity index (χ1) is 8.92. The van der Waals surface area contributed by atoms with E-state index in [2.05, 4.69) is 24.3 Å². The molecule has 2 heteroatoms. The zero-order valence-electron chi connectivity index (χ0n) is 10.0. The summed E-state index contributed by atoms with van der Waals surface area (Å²) in [5.74, 6) is 0.142. The third kappa shape index (κ3) is 3.28. The smallest absolute Gasteiger partial charge is 0.151 e. The lowest BCUT2D eigenvalue weighted by Gasteiger charge is -2.17. The fourth-order valence-corrected chi connectivity index (χ4v) is 1.95. The Bertz CT molecular complexity index is 425. The Morgan fingerprint density at radius 3 is 1.83 bits per heavy atom. The Morgan fingerprint density at radius 2 is 1.39 bits per heavy atom. The molecular weight excluding hydrogens is 224 g/mol. The van der Waals surface area contributed by atoms with Crippen molar-refractivity contribution >= 4 is 6.29 Å². The molecule has 91 valence electrons. The summed E-state index contributed by atoms with van der Waals surface area (Å²) in [5, 5.41) is 0. The molecule has 0 aliphatic heterocycles. The van der Waals surface area contributed by atoms with E-state index in [1.807, 2.05) is 36.4 Å². The van der Waals surface area contributed by atoms with E-state index >= 15 is 0 Å². The molecule has 0 saturated heterocycles. The Morgan fingerprint density at radius 1 is 0.889 bits per heavy atom. The van der Waals surface area contributed by atoms with Crippen LogP contribution in [0.4, 0.5) is 0 Å². The molecule has 0 aliphatic carbocycles. The number of carbonyl (C=O) groups is 1. The Balaban J connectivity index is 2.21. The summed E-state index contributed by atoms with van der Waals surface area (Å²) < 4.78 is 5.26. The molecule has 0 aliphatic rings. The standard InChI is InChI=1S/C16H15O2/c17-11-12-18-13-16(14-7-3-1-4-8-14)15-9-5-2-6-10-15/h1-12,16H,13H2. The summed E-state index contributed by atoms with van der Waals surface area (Å²) in [6.45, 7) is 1.66. The lowest BCUT2D eigenvalue weighted by atomic mass is 9.92. The third-order valence-electron chi connectivity index (χ3n) is 2.82. The van der Waals surface area contributed by atoms with Crippen LogP contribution >= 0.6 is 0 Å². The van der Waals surface area contributed by atoms with Crippen molar-refractivity contribution in [3.05, 3.63) is 78.4 Å². The van der Waals surface area contributed by atoms with Crippen molar-refractivity contribution in [1.29, 1.82) is 0 Å². The molecular formula is C16H15O2. The van der Waals surface area contributed by atoms with Crippen LogP contribution in [0.15, 0.2) is 60.7 Å². The number of hydrogen-bond acceptors (Lipinski definition) is 2. The SMILES string of the molecule is O=C[CH]OCC(c1ccccc1)c1ccccc1. The second-order valence-electron chi connectivity index (χ2n) is 3.98. The van der Waals surface area contributed by atoms with Gasteiger partial charge in [-0.2, -0.15) is 0 Å². The maximum atomic E-state index is 10.3. The van der Waals surface area contributed by atoms with Gasteiger partial charge in [-0.05, 0) is 11.1 Å². The van der Waals surface area contributed by atoms with Crippen LogP contribution in [0, 0.1) is 6.61 Å². The second kappa shape index (κ2) is 6.72. The molecule has 0 amide bonds. The van der Waals surface area contributed by atoms with Gasteiger partial charge < -0.3 is 9.53 Å². The molecule has 2 aromatic carbocycles. The topological polar surface area (TPSA) is 26.3 Å². The minimum absolute atomic E-state index is 0.142. The summed E-state index contributed by atoms with van der Waals surface area (Å²) in [7, 11) is 0. The highest BCUT2D eigenvalue weighted by molar-refractivity contribution is 5.58. The zero-order valence-corrected chi connectivity index (χ0v) is 10.0. The highest BCUT2D eigenvalue weighted by Crippen LogP contribution is 2.24. The summed E-state index contributed by atoms with van der Waals surface area (Å²) in [6.07, 6.45) is 0.660. The van der Waals surface area contributed by atoms with Crippen LogP contribution < -0.4 is 0 Å². The maximum absolute atomic E-state index is 10.3. The minimum atomic E-state index is 0.142. The van der Waals surface area contributed by atoms with Crippen LogP contribution in [0.25, 0.3) is 0 Å². The number of benzene rings is 2. The van der Waals surface area contributed by atoms with Crippen molar-refractivity contribution in [3.63, 3.8) is 0 Å². The van der Waals surface area contributed by atoms with Crippen LogP contribution in [-0.4, -0.2) is 12.9 Å². The monoisotopic (exact) mass is 239 g/mol. The van der Waals surface area contributed by atoms with Gasteiger partial charge in [0, 0.05) is 5.92 Å². The first kappa shape index (κ1) is 12.5. The van der Waals surface area contributed by atoms with Crippen LogP contribution in [0.5, 0.6) is 0 Å². The molecule has 0 fully saturated rings. The molecule has 0 N–H and O–H groups in total. The molecule has 2 rings (SSSR count). The largest absolute Gasteiger partial charge is 0.367 e. The third-order valence-corrected chi connectivity index (χ3v) is 2.82. The van der Waals surface area contributed by atoms with Crippen molar-refractivity contribution in [2.75, 3.05) is 6.61 Å². The van der Waals surface area contributed by atoms with Crippen LogP contribution in [0.3, 0.4) is 0 Å². The van der Waals surface area contributed by atoms with E-state index in [1.54, 1.807) is 0 Å². The molecule has 0 aromatic heterocycles. The van der Waals surface area contributed by atoms with E-state index in [4.69, 9.17) is 4.74 Å². The van der Waals surface area contributed by atoms with E-state index in [9.17, 15) is 4.79 Å². The zero-order chi connectivity index (χ0) is 12.6. The van der Waals surface area contributed by atoms with Crippen molar-refractivity contribution in [3.8, 4) is 0 Å². The molecule has 2 nitrogen and oxygen atoms in total. The highest BCUT2D eigenvalue weighted by Gasteiger charge is 2.13. The number of ether oxygens (including phenoxy) is 1. The van der Waals surface area contributed by atoms with E-state index in [-0.39, 0.29) is 5.92 Å². The number of aldehydes is 1. The average Bonchev–Trinajstić information content (AvgIpc) is 2.46. The van der Waals surface area contributed by atoms with E-state index < -0.39 is 0 Å². The quantitative estimate of drug-likeness (QED) is 0.571. The second-order valence-corrected chi connectivity index (χ2v) is 3.98. The molecule has 1 radical (unpaired) electrons. The van der Waals surface area contributed by atoms with Gasteiger partial charge in [0.25, 0.3) is 0 Å². The number of hydrogen-bond donors (Lipinski definition) is 0. The molecule has 0 heterocycles. The van der Waals surface area contributed by atoms with Gasteiger partial charge in [0.1, 0.15) is 6.61 Å². The summed E-state index contributed by atoms with van der Waals surface area (Å²) in [4.78, 5) is 10.3. The lowest BCUT2D eigenvalue weighted by molar-refractivity contribution is -0.108. The van der Waals surface area contributed by atoms with Crippen molar-refractivity contribution in [1.82, 2.24) is 0 Å². The van der Waals surface area contributed by atoms with Gasteiger partial charge in [0.15, 0.2) is 6.29 Å². The van der Waals surface area contributed by atoms with Gasteiger partial charge in [0.2, 0.25) is 0 Å². The van der Waals surface area contributed by atoms with Gasteiger partial charge in [-0.3, -0.25) is 0 Å².